The molecular formula is C11H22N2. The molecule has 0 spiro atoms. The largest absolute Gasteiger partial charge is 0.316 e. The van der Waals surface area contributed by atoms with E-state index in [4.69, 9.17) is 0 Å². The Bertz CT molecular complexity index is 185. The molecule has 0 aromatic heterocycles. The second-order valence-electron chi connectivity index (χ2n) is 5.37. The van der Waals surface area contributed by atoms with Gasteiger partial charge in [-0.1, -0.05) is 13.8 Å². The van der Waals surface area contributed by atoms with Crippen LogP contribution in [0.15, 0.2) is 0 Å². The van der Waals surface area contributed by atoms with Crippen LogP contribution in [0.1, 0.15) is 33.1 Å². The molecule has 0 bridgehead atoms. The zero-order chi connectivity index (χ0) is 9.47. The summed E-state index contributed by atoms with van der Waals surface area (Å²) in [5.74, 6) is 0. The Hall–Kier alpha value is -0.0800. The van der Waals surface area contributed by atoms with E-state index in [-0.39, 0.29) is 0 Å². The lowest BCUT2D eigenvalue weighted by molar-refractivity contribution is 0.0741. The van der Waals surface area contributed by atoms with Gasteiger partial charge in [-0.25, -0.2) is 0 Å². The van der Waals surface area contributed by atoms with Gasteiger partial charge in [0.1, 0.15) is 0 Å². The Balaban J connectivity index is 2.01. The maximum atomic E-state index is 3.49. The van der Waals surface area contributed by atoms with Crippen LogP contribution in [0.2, 0.25) is 0 Å². The standard InChI is InChI=1S/C11H22N2/c1-11(2)8-12-7-6-10(11)13(3)9-4-5-9/h9-10,12H,4-8H2,1-3H3. The summed E-state index contributed by atoms with van der Waals surface area (Å²) < 4.78 is 0. The highest BCUT2D eigenvalue weighted by Crippen LogP contribution is 2.35. The van der Waals surface area contributed by atoms with E-state index in [1.165, 1.54) is 32.4 Å². The highest BCUT2D eigenvalue weighted by Gasteiger charge is 2.40. The smallest absolute Gasteiger partial charge is 0.0170 e. The van der Waals surface area contributed by atoms with Crippen LogP contribution in [0.25, 0.3) is 0 Å². The van der Waals surface area contributed by atoms with E-state index in [2.05, 4.69) is 31.1 Å². The molecule has 1 saturated carbocycles. The van der Waals surface area contributed by atoms with Crippen molar-refractivity contribution in [1.29, 1.82) is 0 Å². The van der Waals surface area contributed by atoms with Gasteiger partial charge in [0.05, 0.1) is 0 Å². The summed E-state index contributed by atoms with van der Waals surface area (Å²) in [6.07, 6.45) is 4.17. The topological polar surface area (TPSA) is 15.3 Å². The summed E-state index contributed by atoms with van der Waals surface area (Å²) in [7, 11) is 2.31. The predicted molar refractivity (Wildman–Crippen MR) is 55.8 cm³/mol. The third kappa shape index (κ3) is 1.89. The summed E-state index contributed by atoms with van der Waals surface area (Å²) in [6, 6.07) is 1.70. The van der Waals surface area contributed by atoms with Crippen molar-refractivity contribution < 1.29 is 0 Å². The van der Waals surface area contributed by atoms with Gasteiger partial charge in [-0.2, -0.15) is 0 Å². The quantitative estimate of drug-likeness (QED) is 0.695. The van der Waals surface area contributed by atoms with Gasteiger partial charge in [0, 0.05) is 18.6 Å². The van der Waals surface area contributed by atoms with Crippen LogP contribution in [0.5, 0.6) is 0 Å². The first-order chi connectivity index (χ1) is 6.11. The molecule has 2 rings (SSSR count). The highest BCUT2D eigenvalue weighted by atomic mass is 15.2. The summed E-state index contributed by atoms with van der Waals surface area (Å²) in [4.78, 5) is 2.63. The molecule has 2 fully saturated rings. The molecule has 2 nitrogen and oxygen atoms in total. The van der Waals surface area contributed by atoms with Crippen LogP contribution in [0.4, 0.5) is 0 Å². The van der Waals surface area contributed by atoms with E-state index in [9.17, 15) is 0 Å². The van der Waals surface area contributed by atoms with Crippen LogP contribution in [0.3, 0.4) is 0 Å². The molecule has 1 unspecified atom stereocenters. The molecule has 0 radical (unpaired) electrons. The lowest BCUT2D eigenvalue weighted by atomic mass is 9.79. The van der Waals surface area contributed by atoms with E-state index < -0.39 is 0 Å². The molecule has 1 saturated heterocycles. The molecule has 0 aromatic carbocycles. The number of nitrogens with one attached hydrogen (secondary N) is 1. The van der Waals surface area contributed by atoms with Crippen LogP contribution >= 0.6 is 0 Å². The van der Waals surface area contributed by atoms with Gasteiger partial charge in [0.15, 0.2) is 0 Å². The van der Waals surface area contributed by atoms with Gasteiger partial charge in [-0.15, -0.1) is 0 Å². The Morgan fingerprint density at radius 3 is 2.46 bits per heavy atom. The SMILES string of the molecule is CN(C1CC1)C1CCNCC1(C)C. The molecule has 0 amide bonds. The first-order valence-corrected chi connectivity index (χ1v) is 5.54. The van der Waals surface area contributed by atoms with Crippen LogP contribution < -0.4 is 5.32 Å². The molecule has 1 aliphatic heterocycles. The minimum absolute atomic E-state index is 0.454. The van der Waals surface area contributed by atoms with Crippen LogP contribution in [-0.4, -0.2) is 37.1 Å². The van der Waals surface area contributed by atoms with E-state index in [0.717, 1.165) is 12.1 Å². The highest BCUT2D eigenvalue weighted by molar-refractivity contribution is 4.96. The summed E-state index contributed by atoms with van der Waals surface area (Å²) in [5, 5.41) is 3.49. The monoisotopic (exact) mass is 182 g/mol. The summed E-state index contributed by atoms with van der Waals surface area (Å²) in [5.41, 5.74) is 0.454. The maximum Gasteiger partial charge on any atom is 0.0170 e. The van der Waals surface area contributed by atoms with Crippen molar-refractivity contribution in [2.75, 3.05) is 20.1 Å². The second kappa shape index (κ2) is 3.25. The lowest BCUT2D eigenvalue weighted by Crippen LogP contribution is -2.53. The van der Waals surface area contributed by atoms with Crippen molar-refractivity contribution in [3.05, 3.63) is 0 Å². The average Bonchev–Trinajstić information content (AvgIpc) is 2.84. The fraction of sp³-hybridized carbons (Fsp3) is 1.00. The van der Waals surface area contributed by atoms with Crippen molar-refractivity contribution >= 4 is 0 Å². The van der Waals surface area contributed by atoms with Crippen LogP contribution in [-0.2, 0) is 0 Å². The number of piperidine rings is 1. The third-order valence-corrected chi connectivity index (χ3v) is 3.69. The van der Waals surface area contributed by atoms with Crippen molar-refractivity contribution in [2.24, 2.45) is 5.41 Å². The molecule has 1 aliphatic carbocycles. The first-order valence-electron chi connectivity index (χ1n) is 5.54. The number of hydrogen-bond donors (Lipinski definition) is 1. The fourth-order valence-electron chi connectivity index (χ4n) is 2.65. The molecule has 1 N–H and O–H groups in total. The Labute approximate surface area is 81.7 Å². The Morgan fingerprint density at radius 2 is 1.92 bits per heavy atom. The third-order valence-electron chi connectivity index (χ3n) is 3.69. The van der Waals surface area contributed by atoms with E-state index >= 15 is 0 Å². The van der Waals surface area contributed by atoms with Crippen LogP contribution in [0, 0.1) is 5.41 Å². The molecule has 0 aromatic rings. The predicted octanol–water partition coefficient (Wildman–Crippen LogP) is 1.47. The van der Waals surface area contributed by atoms with Gasteiger partial charge >= 0.3 is 0 Å². The lowest BCUT2D eigenvalue weighted by Gasteiger charge is -2.44. The normalized spacial score (nSPS) is 33.7. The van der Waals surface area contributed by atoms with Crippen molar-refractivity contribution in [3.63, 3.8) is 0 Å². The average molecular weight is 182 g/mol. The van der Waals surface area contributed by atoms with Crippen molar-refractivity contribution in [2.45, 2.75) is 45.2 Å². The minimum atomic E-state index is 0.454. The zero-order valence-electron chi connectivity index (χ0n) is 9.14. The van der Waals surface area contributed by atoms with Gasteiger partial charge in [0.2, 0.25) is 0 Å². The van der Waals surface area contributed by atoms with Crippen molar-refractivity contribution in [3.8, 4) is 0 Å². The fourth-order valence-corrected chi connectivity index (χ4v) is 2.65. The van der Waals surface area contributed by atoms with Gasteiger partial charge in [-0.3, -0.25) is 4.90 Å². The minimum Gasteiger partial charge on any atom is -0.316 e. The molecule has 13 heavy (non-hydrogen) atoms. The number of hydrogen-bond acceptors (Lipinski definition) is 2. The van der Waals surface area contributed by atoms with E-state index in [0.29, 0.717) is 5.41 Å². The van der Waals surface area contributed by atoms with Gasteiger partial charge in [0.25, 0.3) is 0 Å². The molecule has 2 heteroatoms. The molecule has 76 valence electrons. The first kappa shape index (κ1) is 9.47. The van der Waals surface area contributed by atoms with E-state index in [1.807, 2.05) is 0 Å². The van der Waals surface area contributed by atoms with Gasteiger partial charge < -0.3 is 5.32 Å². The number of nitrogens with zero attached hydrogens (tertiary/aromatic N) is 1. The van der Waals surface area contributed by atoms with E-state index in [1.54, 1.807) is 0 Å². The zero-order valence-corrected chi connectivity index (χ0v) is 9.14. The maximum absolute atomic E-state index is 3.49. The number of rotatable bonds is 2. The molecular weight excluding hydrogens is 160 g/mol. The second-order valence-corrected chi connectivity index (χ2v) is 5.37. The molecule has 1 atom stereocenters. The van der Waals surface area contributed by atoms with Crippen molar-refractivity contribution in [1.82, 2.24) is 10.2 Å². The summed E-state index contributed by atoms with van der Waals surface area (Å²) in [6.45, 7) is 7.16. The van der Waals surface area contributed by atoms with Gasteiger partial charge in [-0.05, 0) is 38.3 Å². The molecule has 2 aliphatic rings. The molecule has 1 heterocycles. The summed E-state index contributed by atoms with van der Waals surface area (Å²) >= 11 is 0. The Morgan fingerprint density at radius 1 is 1.23 bits per heavy atom. The Kier molecular flexibility index (Phi) is 2.37.